The van der Waals surface area contributed by atoms with Crippen molar-refractivity contribution in [2.45, 2.75) is 26.7 Å². The van der Waals surface area contributed by atoms with Crippen LogP contribution in [0.15, 0.2) is 35.1 Å². The zero-order valence-electron chi connectivity index (χ0n) is 11.3. The molecule has 0 aliphatic carbocycles. The fourth-order valence-corrected chi connectivity index (χ4v) is 1.78. The lowest BCUT2D eigenvalue weighted by Gasteiger charge is -2.08. The Morgan fingerprint density at radius 2 is 2.00 bits per heavy atom. The minimum Gasteiger partial charge on any atom is -0.465 e. The monoisotopic (exact) mass is 258 g/mol. The minimum absolute atomic E-state index is 0.132. The van der Waals surface area contributed by atoms with E-state index in [0.29, 0.717) is 24.6 Å². The van der Waals surface area contributed by atoms with Gasteiger partial charge in [-0.3, -0.25) is 9.78 Å². The Labute approximate surface area is 112 Å². The van der Waals surface area contributed by atoms with E-state index in [-0.39, 0.29) is 5.56 Å². The molecule has 2 aromatic rings. The lowest BCUT2D eigenvalue weighted by atomic mass is 10.1. The van der Waals surface area contributed by atoms with Crippen molar-refractivity contribution in [2.24, 2.45) is 0 Å². The maximum absolute atomic E-state index is 11.8. The first-order valence-electron chi connectivity index (χ1n) is 6.47. The smallest absolute Gasteiger partial charge is 0.296 e. The summed E-state index contributed by atoms with van der Waals surface area (Å²) in [6.45, 7) is 4.35. The second kappa shape index (κ2) is 6.18. The van der Waals surface area contributed by atoms with E-state index in [9.17, 15) is 4.79 Å². The van der Waals surface area contributed by atoms with Crippen molar-refractivity contribution in [1.82, 2.24) is 9.97 Å². The summed E-state index contributed by atoms with van der Waals surface area (Å²) in [4.78, 5) is 18.9. The standard InChI is InChI=1S/C15H18N2O2/c1-3-9-19-15-16-13(11(2)14(18)17-15)10-12-7-5-4-6-8-12/h4-8H,3,9-10H2,1-2H3,(H,16,17,18). The molecule has 0 aliphatic heterocycles. The third-order valence-corrected chi connectivity index (χ3v) is 2.89. The van der Waals surface area contributed by atoms with Crippen molar-refractivity contribution in [3.8, 4) is 6.01 Å². The number of aromatic nitrogens is 2. The van der Waals surface area contributed by atoms with Crippen LogP contribution in [0.4, 0.5) is 0 Å². The Hall–Kier alpha value is -2.10. The molecule has 2 rings (SSSR count). The van der Waals surface area contributed by atoms with Crippen LogP contribution < -0.4 is 10.3 Å². The third kappa shape index (κ3) is 3.44. The van der Waals surface area contributed by atoms with E-state index in [1.54, 1.807) is 6.92 Å². The first-order valence-corrected chi connectivity index (χ1v) is 6.47. The molecule has 1 aromatic carbocycles. The van der Waals surface area contributed by atoms with Gasteiger partial charge >= 0.3 is 0 Å². The number of rotatable bonds is 5. The van der Waals surface area contributed by atoms with Crippen molar-refractivity contribution in [2.75, 3.05) is 6.61 Å². The van der Waals surface area contributed by atoms with E-state index in [1.165, 1.54) is 0 Å². The maximum atomic E-state index is 11.8. The molecular weight excluding hydrogens is 240 g/mol. The predicted octanol–water partition coefficient (Wildman–Crippen LogP) is 2.46. The van der Waals surface area contributed by atoms with Gasteiger partial charge in [0.05, 0.1) is 12.3 Å². The predicted molar refractivity (Wildman–Crippen MR) is 74.6 cm³/mol. The number of hydrogen-bond acceptors (Lipinski definition) is 3. The highest BCUT2D eigenvalue weighted by Gasteiger charge is 2.09. The van der Waals surface area contributed by atoms with Gasteiger partial charge in [-0.05, 0) is 18.9 Å². The van der Waals surface area contributed by atoms with Gasteiger partial charge in [-0.25, -0.2) is 4.98 Å². The third-order valence-electron chi connectivity index (χ3n) is 2.89. The molecule has 1 N–H and O–H groups in total. The van der Waals surface area contributed by atoms with Crippen LogP contribution in [0.5, 0.6) is 6.01 Å². The minimum atomic E-state index is -0.132. The Bertz CT molecular complexity index is 591. The molecule has 0 atom stereocenters. The van der Waals surface area contributed by atoms with Gasteiger partial charge in [-0.2, -0.15) is 0 Å². The molecule has 0 saturated carbocycles. The molecule has 1 aromatic heterocycles. The van der Waals surface area contributed by atoms with Gasteiger partial charge in [-0.15, -0.1) is 0 Å². The normalized spacial score (nSPS) is 10.4. The van der Waals surface area contributed by atoms with Gasteiger partial charge < -0.3 is 4.74 Å². The highest BCUT2D eigenvalue weighted by molar-refractivity contribution is 5.26. The summed E-state index contributed by atoms with van der Waals surface area (Å²) in [6.07, 6.45) is 1.52. The van der Waals surface area contributed by atoms with Crippen LogP contribution in [0, 0.1) is 6.92 Å². The first-order chi connectivity index (χ1) is 9.20. The summed E-state index contributed by atoms with van der Waals surface area (Å²) in [7, 11) is 0. The Kier molecular flexibility index (Phi) is 4.34. The van der Waals surface area contributed by atoms with Crippen LogP contribution in [0.1, 0.15) is 30.2 Å². The average molecular weight is 258 g/mol. The van der Waals surface area contributed by atoms with Crippen molar-refractivity contribution in [3.63, 3.8) is 0 Å². The molecule has 19 heavy (non-hydrogen) atoms. The molecule has 0 bridgehead atoms. The van der Waals surface area contributed by atoms with E-state index in [2.05, 4.69) is 9.97 Å². The maximum Gasteiger partial charge on any atom is 0.296 e. The number of hydrogen-bond donors (Lipinski definition) is 1. The molecule has 0 fully saturated rings. The molecule has 4 heteroatoms. The number of aromatic amines is 1. The molecular formula is C15H18N2O2. The number of ether oxygens (including phenoxy) is 1. The molecule has 0 aliphatic rings. The van der Waals surface area contributed by atoms with E-state index in [4.69, 9.17) is 4.74 Å². The van der Waals surface area contributed by atoms with Gasteiger partial charge in [0.15, 0.2) is 0 Å². The zero-order valence-corrected chi connectivity index (χ0v) is 11.3. The van der Waals surface area contributed by atoms with Gasteiger partial charge in [0.1, 0.15) is 0 Å². The number of H-pyrrole nitrogens is 1. The summed E-state index contributed by atoms with van der Waals surface area (Å²) in [6, 6.07) is 10.3. The molecule has 0 saturated heterocycles. The topological polar surface area (TPSA) is 55.0 Å². The highest BCUT2D eigenvalue weighted by Crippen LogP contribution is 2.11. The molecule has 0 radical (unpaired) electrons. The summed E-state index contributed by atoms with van der Waals surface area (Å²) in [5.74, 6) is 0. The lowest BCUT2D eigenvalue weighted by Crippen LogP contribution is -2.17. The second-order valence-corrected chi connectivity index (χ2v) is 4.45. The van der Waals surface area contributed by atoms with Gasteiger partial charge in [0.25, 0.3) is 11.6 Å². The van der Waals surface area contributed by atoms with Crippen LogP contribution in [0.25, 0.3) is 0 Å². The summed E-state index contributed by atoms with van der Waals surface area (Å²) in [5.41, 5.74) is 2.41. The Morgan fingerprint density at radius 3 is 2.68 bits per heavy atom. The zero-order chi connectivity index (χ0) is 13.7. The average Bonchev–Trinajstić information content (AvgIpc) is 2.43. The molecule has 100 valence electrons. The summed E-state index contributed by atoms with van der Waals surface area (Å²) >= 11 is 0. The number of benzene rings is 1. The van der Waals surface area contributed by atoms with Crippen molar-refractivity contribution in [1.29, 1.82) is 0 Å². The molecule has 1 heterocycles. The molecule has 0 spiro atoms. The molecule has 0 amide bonds. The fourth-order valence-electron chi connectivity index (χ4n) is 1.78. The van der Waals surface area contributed by atoms with E-state index < -0.39 is 0 Å². The summed E-state index contributed by atoms with van der Waals surface area (Å²) in [5, 5.41) is 0. The lowest BCUT2D eigenvalue weighted by molar-refractivity contribution is 0.290. The molecule has 4 nitrogen and oxygen atoms in total. The van der Waals surface area contributed by atoms with Crippen molar-refractivity contribution < 1.29 is 4.74 Å². The SMILES string of the molecule is CCCOc1nc(Cc2ccccc2)c(C)c(=O)[nH]1. The van der Waals surface area contributed by atoms with Crippen LogP contribution in [-0.4, -0.2) is 16.6 Å². The second-order valence-electron chi connectivity index (χ2n) is 4.45. The van der Waals surface area contributed by atoms with Crippen LogP contribution in [0.3, 0.4) is 0 Å². The van der Waals surface area contributed by atoms with E-state index in [1.807, 2.05) is 37.3 Å². The van der Waals surface area contributed by atoms with Crippen LogP contribution in [0.2, 0.25) is 0 Å². The van der Waals surface area contributed by atoms with E-state index in [0.717, 1.165) is 17.7 Å². The van der Waals surface area contributed by atoms with E-state index >= 15 is 0 Å². The summed E-state index contributed by atoms with van der Waals surface area (Å²) < 4.78 is 5.40. The van der Waals surface area contributed by atoms with Gasteiger partial charge in [0, 0.05) is 12.0 Å². The van der Waals surface area contributed by atoms with Gasteiger partial charge in [0.2, 0.25) is 0 Å². The van der Waals surface area contributed by atoms with Crippen molar-refractivity contribution >= 4 is 0 Å². The number of nitrogens with one attached hydrogen (secondary N) is 1. The largest absolute Gasteiger partial charge is 0.465 e. The highest BCUT2D eigenvalue weighted by atomic mass is 16.5. The molecule has 0 unspecified atom stereocenters. The van der Waals surface area contributed by atoms with Crippen LogP contribution in [-0.2, 0) is 6.42 Å². The van der Waals surface area contributed by atoms with Gasteiger partial charge in [-0.1, -0.05) is 37.3 Å². The quantitative estimate of drug-likeness (QED) is 0.896. The number of nitrogens with zero attached hydrogens (tertiary/aromatic N) is 1. The Balaban J connectivity index is 2.28. The van der Waals surface area contributed by atoms with Crippen LogP contribution >= 0.6 is 0 Å². The fraction of sp³-hybridized carbons (Fsp3) is 0.333. The van der Waals surface area contributed by atoms with Crippen molar-refractivity contribution in [3.05, 3.63) is 57.5 Å². The Morgan fingerprint density at radius 1 is 1.26 bits per heavy atom. The first kappa shape index (κ1) is 13.3.